The highest BCUT2D eigenvalue weighted by Gasteiger charge is 2.20. The van der Waals surface area contributed by atoms with Crippen molar-refractivity contribution in [1.82, 2.24) is 0 Å². The number of carbonyl (C=O) groups is 1. The van der Waals surface area contributed by atoms with E-state index < -0.39 is 0 Å². The SMILES string of the molecule is N#Cc1c(N=Cc2ccc(-c3ccc(C(=O)OCc4ccccc4)cc3)o2)sc2c1CCCC2. The third kappa shape index (κ3) is 4.70. The van der Waals surface area contributed by atoms with E-state index in [1.54, 1.807) is 29.7 Å². The lowest BCUT2D eigenvalue weighted by Crippen LogP contribution is -2.04. The zero-order valence-corrected chi connectivity index (χ0v) is 19.3. The first-order valence-corrected chi connectivity index (χ1v) is 12.0. The van der Waals surface area contributed by atoms with Gasteiger partial charge in [-0.2, -0.15) is 5.26 Å². The number of esters is 1. The number of ether oxygens (including phenoxy) is 1. The molecule has 168 valence electrons. The van der Waals surface area contributed by atoms with Gasteiger partial charge in [0.1, 0.15) is 29.2 Å². The van der Waals surface area contributed by atoms with E-state index >= 15 is 0 Å². The Hall–Kier alpha value is -3.95. The molecular formula is C28H22N2O3S. The number of hydrogen-bond donors (Lipinski definition) is 0. The summed E-state index contributed by atoms with van der Waals surface area (Å²) < 4.78 is 11.3. The third-order valence-corrected chi connectivity index (χ3v) is 7.02. The number of aliphatic imine (C=N–C) groups is 1. The molecule has 0 fully saturated rings. The summed E-state index contributed by atoms with van der Waals surface area (Å²) in [6.45, 7) is 0.239. The van der Waals surface area contributed by atoms with Gasteiger partial charge in [0, 0.05) is 10.4 Å². The van der Waals surface area contributed by atoms with Crippen molar-refractivity contribution < 1.29 is 13.9 Å². The highest BCUT2D eigenvalue weighted by Crippen LogP contribution is 2.39. The number of nitrogens with zero attached hydrogens (tertiary/aromatic N) is 2. The number of carbonyl (C=O) groups excluding carboxylic acids is 1. The van der Waals surface area contributed by atoms with E-state index in [1.807, 2.05) is 54.6 Å². The van der Waals surface area contributed by atoms with Crippen LogP contribution in [0.4, 0.5) is 5.00 Å². The van der Waals surface area contributed by atoms with Crippen molar-refractivity contribution >= 4 is 28.5 Å². The van der Waals surface area contributed by atoms with Crippen LogP contribution < -0.4 is 0 Å². The van der Waals surface area contributed by atoms with E-state index in [1.165, 1.54) is 16.9 Å². The van der Waals surface area contributed by atoms with Gasteiger partial charge in [-0.25, -0.2) is 9.79 Å². The van der Waals surface area contributed by atoms with Gasteiger partial charge in [-0.1, -0.05) is 42.5 Å². The fourth-order valence-corrected chi connectivity index (χ4v) is 5.22. The van der Waals surface area contributed by atoms with Gasteiger partial charge in [-0.15, -0.1) is 11.3 Å². The number of fused-ring (bicyclic) bond motifs is 1. The van der Waals surface area contributed by atoms with Gasteiger partial charge in [0.05, 0.1) is 17.3 Å². The Labute approximate surface area is 202 Å². The van der Waals surface area contributed by atoms with E-state index in [4.69, 9.17) is 9.15 Å². The maximum Gasteiger partial charge on any atom is 0.338 e. The van der Waals surface area contributed by atoms with Gasteiger partial charge in [-0.3, -0.25) is 0 Å². The van der Waals surface area contributed by atoms with E-state index in [2.05, 4.69) is 11.1 Å². The van der Waals surface area contributed by atoms with E-state index in [-0.39, 0.29) is 12.6 Å². The summed E-state index contributed by atoms with van der Waals surface area (Å²) in [4.78, 5) is 18.2. The molecule has 2 aromatic heterocycles. The molecule has 5 nitrogen and oxygen atoms in total. The average Bonchev–Trinajstić information content (AvgIpc) is 3.51. The molecule has 2 heterocycles. The summed E-state index contributed by atoms with van der Waals surface area (Å²) in [6, 6.07) is 22.8. The Bertz CT molecular complexity index is 1380. The fourth-order valence-electron chi connectivity index (χ4n) is 4.03. The summed E-state index contributed by atoms with van der Waals surface area (Å²) in [5.41, 5.74) is 4.16. The minimum atomic E-state index is -0.366. The van der Waals surface area contributed by atoms with Crippen molar-refractivity contribution in [3.05, 3.63) is 99.6 Å². The first-order valence-electron chi connectivity index (χ1n) is 11.2. The first kappa shape index (κ1) is 21.9. The van der Waals surface area contributed by atoms with Crippen LogP contribution in [0.3, 0.4) is 0 Å². The minimum Gasteiger partial charge on any atom is -0.457 e. The van der Waals surface area contributed by atoms with Gasteiger partial charge in [0.2, 0.25) is 0 Å². The molecule has 0 saturated heterocycles. The lowest BCUT2D eigenvalue weighted by Gasteiger charge is -2.09. The van der Waals surface area contributed by atoms with Gasteiger partial charge in [0.15, 0.2) is 0 Å². The average molecular weight is 467 g/mol. The second-order valence-electron chi connectivity index (χ2n) is 8.10. The molecule has 0 unspecified atom stereocenters. The number of hydrogen-bond acceptors (Lipinski definition) is 6. The van der Waals surface area contributed by atoms with E-state index in [0.717, 1.165) is 35.4 Å². The van der Waals surface area contributed by atoms with Crippen LogP contribution in [0.1, 0.15) is 50.5 Å². The van der Waals surface area contributed by atoms with Gasteiger partial charge < -0.3 is 9.15 Å². The van der Waals surface area contributed by atoms with Crippen molar-refractivity contribution in [2.45, 2.75) is 32.3 Å². The Morgan fingerprint density at radius 1 is 1.06 bits per heavy atom. The monoisotopic (exact) mass is 466 g/mol. The normalized spacial score (nSPS) is 12.9. The highest BCUT2D eigenvalue weighted by molar-refractivity contribution is 7.16. The molecule has 0 bridgehead atoms. The first-order chi connectivity index (χ1) is 16.7. The van der Waals surface area contributed by atoms with Crippen molar-refractivity contribution in [2.24, 2.45) is 4.99 Å². The Balaban J connectivity index is 1.25. The highest BCUT2D eigenvalue weighted by atomic mass is 32.1. The Morgan fingerprint density at radius 3 is 2.65 bits per heavy atom. The Kier molecular flexibility index (Phi) is 6.37. The number of nitriles is 1. The van der Waals surface area contributed by atoms with Crippen LogP contribution in [0.25, 0.3) is 11.3 Å². The molecule has 34 heavy (non-hydrogen) atoms. The maximum atomic E-state index is 12.3. The number of furan rings is 1. The minimum absolute atomic E-state index is 0.239. The summed E-state index contributed by atoms with van der Waals surface area (Å²) in [6.07, 6.45) is 5.96. The zero-order valence-electron chi connectivity index (χ0n) is 18.5. The lowest BCUT2D eigenvalue weighted by atomic mass is 9.96. The van der Waals surface area contributed by atoms with Gasteiger partial charge in [-0.05, 0) is 61.1 Å². The van der Waals surface area contributed by atoms with Crippen molar-refractivity contribution in [2.75, 3.05) is 0 Å². The largest absolute Gasteiger partial charge is 0.457 e. The molecule has 0 saturated carbocycles. The summed E-state index contributed by atoms with van der Waals surface area (Å²) in [5.74, 6) is 0.919. The van der Waals surface area contributed by atoms with Crippen LogP contribution in [0.5, 0.6) is 0 Å². The molecule has 2 aromatic carbocycles. The zero-order chi connectivity index (χ0) is 23.3. The molecule has 1 aliphatic carbocycles. The second kappa shape index (κ2) is 9.90. The van der Waals surface area contributed by atoms with Crippen LogP contribution in [0, 0.1) is 11.3 Å². The molecular weight excluding hydrogens is 444 g/mol. The topological polar surface area (TPSA) is 75.6 Å². The molecule has 0 spiro atoms. The van der Waals surface area contributed by atoms with Crippen LogP contribution in [-0.2, 0) is 24.2 Å². The number of benzene rings is 2. The van der Waals surface area contributed by atoms with Crippen LogP contribution in [-0.4, -0.2) is 12.2 Å². The molecule has 0 N–H and O–H groups in total. The molecule has 1 aliphatic rings. The molecule has 0 atom stereocenters. The standard InChI is InChI=1S/C28H22N2O3S/c29-16-24-23-8-4-5-9-26(23)34-27(24)30-17-22-14-15-25(33-22)20-10-12-21(13-11-20)28(31)32-18-19-6-2-1-3-7-19/h1-3,6-7,10-15,17H,4-5,8-9,18H2. The van der Waals surface area contributed by atoms with Crippen molar-refractivity contribution in [3.63, 3.8) is 0 Å². The molecule has 4 aromatic rings. The predicted octanol–water partition coefficient (Wildman–Crippen LogP) is 6.87. The lowest BCUT2D eigenvalue weighted by molar-refractivity contribution is 0.0472. The van der Waals surface area contributed by atoms with Crippen LogP contribution in [0.2, 0.25) is 0 Å². The number of rotatable bonds is 6. The van der Waals surface area contributed by atoms with Crippen molar-refractivity contribution in [1.29, 1.82) is 5.26 Å². The van der Waals surface area contributed by atoms with Gasteiger partial charge >= 0.3 is 5.97 Å². The Morgan fingerprint density at radius 2 is 1.85 bits per heavy atom. The van der Waals surface area contributed by atoms with E-state index in [0.29, 0.717) is 22.6 Å². The third-order valence-electron chi connectivity index (χ3n) is 5.82. The van der Waals surface area contributed by atoms with Crippen LogP contribution >= 0.6 is 11.3 Å². The summed E-state index contributed by atoms with van der Waals surface area (Å²) in [5, 5.41) is 10.3. The summed E-state index contributed by atoms with van der Waals surface area (Å²) in [7, 11) is 0. The van der Waals surface area contributed by atoms with Crippen molar-refractivity contribution in [3.8, 4) is 17.4 Å². The predicted molar refractivity (Wildman–Crippen MR) is 133 cm³/mol. The number of thiophene rings is 1. The fraction of sp³-hybridized carbons (Fsp3) is 0.179. The molecule has 6 heteroatoms. The maximum absolute atomic E-state index is 12.3. The molecule has 0 amide bonds. The smallest absolute Gasteiger partial charge is 0.338 e. The molecule has 5 rings (SSSR count). The van der Waals surface area contributed by atoms with Gasteiger partial charge in [0.25, 0.3) is 0 Å². The molecule has 0 aliphatic heterocycles. The quantitative estimate of drug-likeness (QED) is 0.230. The van der Waals surface area contributed by atoms with Crippen LogP contribution in [0.15, 0.2) is 76.1 Å². The van der Waals surface area contributed by atoms with E-state index in [9.17, 15) is 10.1 Å². The second-order valence-corrected chi connectivity index (χ2v) is 9.19. The molecule has 0 radical (unpaired) electrons. The summed E-state index contributed by atoms with van der Waals surface area (Å²) >= 11 is 1.61. The number of aryl methyl sites for hydroxylation is 1.